The van der Waals surface area contributed by atoms with Crippen LogP contribution in [-0.4, -0.2) is 27.5 Å². The summed E-state index contributed by atoms with van der Waals surface area (Å²) < 4.78 is 1.42. The van der Waals surface area contributed by atoms with Crippen LogP contribution >= 0.6 is 46.0 Å². The van der Waals surface area contributed by atoms with E-state index in [0.717, 1.165) is 16.2 Å². The van der Waals surface area contributed by atoms with E-state index in [1.807, 2.05) is 35.7 Å². The van der Waals surface area contributed by atoms with Crippen molar-refractivity contribution in [3.05, 3.63) is 96.6 Å². The number of thiazole rings is 1. The van der Waals surface area contributed by atoms with Gasteiger partial charge in [-0.3, -0.25) is 23.7 Å². The summed E-state index contributed by atoms with van der Waals surface area (Å²) in [5, 5.41) is 5.07. The van der Waals surface area contributed by atoms with Gasteiger partial charge in [0, 0.05) is 26.4 Å². The van der Waals surface area contributed by atoms with E-state index in [1.54, 1.807) is 36.4 Å². The van der Waals surface area contributed by atoms with Crippen molar-refractivity contribution in [3.63, 3.8) is 0 Å². The molecular weight excluding hydrogens is 550 g/mol. The Kier molecular flexibility index (Phi) is 6.28. The van der Waals surface area contributed by atoms with E-state index < -0.39 is 17.1 Å². The van der Waals surface area contributed by atoms with Gasteiger partial charge < -0.3 is 5.32 Å². The third-order valence-corrected chi connectivity index (χ3v) is 10.2. The molecule has 2 aromatic carbocycles. The molecular formula is C26H18ClN3O4S3. The number of aromatic nitrogens is 1. The largest absolute Gasteiger partial charge is 0.325 e. The first-order valence-corrected chi connectivity index (χ1v) is 14.3. The summed E-state index contributed by atoms with van der Waals surface area (Å²) in [6.45, 7) is -0.190. The van der Waals surface area contributed by atoms with Crippen LogP contribution in [0.1, 0.15) is 15.7 Å². The number of hydrogen-bond acceptors (Lipinski definition) is 7. The first-order chi connectivity index (χ1) is 17.9. The fraction of sp³-hybridized carbons (Fsp3) is 0.154. The first-order valence-electron chi connectivity index (χ1n) is 11.3. The number of nitrogens with zero attached hydrogens (tertiary/aromatic N) is 2. The van der Waals surface area contributed by atoms with Gasteiger partial charge in [-0.25, -0.2) is 4.90 Å². The molecule has 1 saturated heterocycles. The fourth-order valence-corrected chi connectivity index (χ4v) is 8.59. The molecule has 6 rings (SSSR count). The summed E-state index contributed by atoms with van der Waals surface area (Å²) in [4.78, 5) is 55.8. The van der Waals surface area contributed by atoms with Gasteiger partial charge >= 0.3 is 4.87 Å². The van der Waals surface area contributed by atoms with Crippen LogP contribution in [-0.2, 0) is 20.9 Å². The Labute approximate surface area is 228 Å². The van der Waals surface area contributed by atoms with E-state index in [0.29, 0.717) is 26.3 Å². The molecule has 1 N–H and O–H groups in total. The lowest BCUT2D eigenvalue weighted by atomic mass is 9.87. The van der Waals surface area contributed by atoms with Crippen molar-refractivity contribution >= 4 is 75.1 Å². The number of benzene rings is 2. The van der Waals surface area contributed by atoms with E-state index in [-0.39, 0.29) is 29.1 Å². The standard InChI is InChI=1S/C26H18ClN3O4S3/c27-14-8-10-16(11-9-14)30-23(32)20-19(17-7-4-12-35-17)22-25(36-21(20)24(30)33)29(26(34)37-22)13-18(31)28-15-5-2-1-3-6-15/h1-12,19-21H,13H2,(H,28,31)/t19-,20-,21+/m0/s1. The minimum atomic E-state index is -0.722. The van der Waals surface area contributed by atoms with Crippen LogP contribution in [0.5, 0.6) is 0 Å². The zero-order valence-corrected chi connectivity index (χ0v) is 22.2. The summed E-state index contributed by atoms with van der Waals surface area (Å²) in [7, 11) is 0. The number of rotatable bonds is 5. The van der Waals surface area contributed by atoms with Gasteiger partial charge in [-0.2, -0.15) is 0 Å². The van der Waals surface area contributed by atoms with Gasteiger partial charge in [0.05, 0.1) is 16.6 Å². The third kappa shape index (κ3) is 4.23. The predicted molar refractivity (Wildman–Crippen MR) is 147 cm³/mol. The van der Waals surface area contributed by atoms with Gasteiger partial charge in [-0.1, -0.05) is 59.0 Å². The van der Waals surface area contributed by atoms with Gasteiger partial charge in [0.15, 0.2) is 0 Å². The topological polar surface area (TPSA) is 88.5 Å². The lowest BCUT2D eigenvalue weighted by Crippen LogP contribution is -2.32. The number of nitrogens with one attached hydrogen (secondary N) is 1. The molecule has 0 radical (unpaired) electrons. The van der Waals surface area contributed by atoms with Gasteiger partial charge in [-0.15, -0.1) is 11.3 Å². The highest BCUT2D eigenvalue weighted by atomic mass is 35.5. The smallest absolute Gasteiger partial charge is 0.308 e. The summed E-state index contributed by atoms with van der Waals surface area (Å²) in [6, 6.07) is 19.4. The number of carbonyl (C=O) groups is 3. The Hall–Kier alpha value is -3.18. The Balaban J connectivity index is 1.39. The molecule has 0 spiro atoms. The number of imide groups is 1. The van der Waals surface area contributed by atoms with Crippen molar-refractivity contribution in [3.8, 4) is 0 Å². The summed E-state index contributed by atoms with van der Waals surface area (Å²) >= 11 is 9.74. The summed E-state index contributed by atoms with van der Waals surface area (Å²) in [6.07, 6.45) is 0. The number of thioether (sulfide) groups is 1. The van der Waals surface area contributed by atoms with Crippen LogP contribution in [0.3, 0.4) is 0 Å². The minimum absolute atomic E-state index is 0.190. The normalized spacial score (nSPS) is 20.6. The maximum absolute atomic E-state index is 13.7. The third-order valence-electron chi connectivity index (χ3n) is 6.34. The number of thiophene rings is 1. The van der Waals surface area contributed by atoms with E-state index in [1.165, 1.54) is 32.6 Å². The highest BCUT2D eigenvalue weighted by molar-refractivity contribution is 8.00. The first kappa shape index (κ1) is 24.2. The van der Waals surface area contributed by atoms with Gasteiger partial charge in [0.25, 0.3) is 0 Å². The van der Waals surface area contributed by atoms with Crippen LogP contribution in [0.25, 0.3) is 0 Å². The molecule has 0 unspecified atom stereocenters. The molecule has 186 valence electrons. The SMILES string of the molecule is O=C(Cn1c2c(sc1=O)[C@@H](c1cccs1)[C@@H]1C(=O)N(c3ccc(Cl)cc3)C(=O)[C@@H]1S2)Nc1ccccc1. The summed E-state index contributed by atoms with van der Waals surface area (Å²) in [5.41, 5.74) is 1.09. The zero-order valence-electron chi connectivity index (χ0n) is 19.0. The Bertz CT molecular complexity index is 1560. The van der Waals surface area contributed by atoms with Crippen molar-refractivity contribution in [1.82, 2.24) is 4.57 Å². The molecule has 11 heteroatoms. The molecule has 3 atom stereocenters. The van der Waals surface area contributed by atoms with Crippen LogP contribution in [0, 0.1) is 5.92 Å². The number of hydrogen-bond donors (Lipinski definition) is 1. The average Bonchev–Trinajstić information content (AvgIpc) is 3.58. The van der Waals surface area contributed by atoms with Crippen molar-refractivity contribution in [1.29, 1.82) is 0 Å². The molecule has 4 heterocycles. The highest BCUT2D eigenvalue weighted by Crippen LogP contribution is 2.54. The van der Waals surface area contributed by atoms with Crippen LogP contribution in [0.15, 0.2) is 81.9 Å². The molecule has 2 aromatic heterocycles. The monoisotopic (exact) mass is 567 g/mol. The number of anilines is 2. The molecule has 37 heavy (non-hydrogen) atoms. The summed E-state index contributed by atoms with van der Waals surface area (Å²) in [5.74, 6) is -2.10. The number of carbonyl (C=O) groups excluding carboxylic acids is 3. The average molecular weight is 568 g/mol. The predicted octanol–water partition coefficient (Wildman–Crippen LogP) is 5.06. The molecule has 2 aliphatic heterocycles. The zero-order chi connectivity index (χ0) is 25.7. The quantitative estimate of drug-likeness (QED) is 0.341. The molecule has 3 amide bonds. The maximum Gasteiger partial charge on any atom is 0.308 e. The second-order valence-corrected chi connectivity index (χ2v) is 12.1. The van der Waals surface area contributed by atoms with Gasteiger partial charge in [0.1, 0.15) is 11.8 Å². The fourth-order valence-electron chi connectivity index (χ4n) is 4.74. The second-order valence-electron chi connectivity index (χ2n) is 8.58. The molecule has 7 nitrogen and oxygen atoms in total. The number of para-hydroxylation sites is 1. The molecule has 4 aromatic rings. The molecule has 1 fully saturated rings. The molecule has 0 saturated carbocycles. The van der Waals surface area contributed by atoms with Gasteiger partial charge in [0.2, 0.25) is 17.7 Å². The van der Waals surface area contributed by atoms with Crippen LogP contribution in [0.2, 0.25) is 5.02 Å². The number of halogens is 1. The van der Waals surface area contributed by atoms with E-state index in [2.05, 4.69) is 5.32 Å². The highest BCUT2D eigenvalue weighted by Gasteiger charge is 2.57. The van der Waals surface area contributed by atoms with Crippen molar-refractivity contribution in [2.45, 2.75) is 22.7 Å². The van der Waals surface area contributed by atoms with Crippen molar-refractivity contribution in [2.24, 2.45) is 5.92 Å². The number of fused-ring (bicyclic) bond motifs is 2. The second kappa shape index (κ2) is 9.60. The molecule has 2 aliphatic rings. The molecule has 0 aliphatic carbocycles. The Morgan fingerprint density at radius 3 is 2.41 bits per heavy atom. The van der Waals surface area contributed by atoms with Crippen LogP contribution in [0.4, 0.5) is 11.4 Å². The minimum Gasteiger partial charge on any atom is -0.325 e. The lowest BCUT2D eigenvalue weighted by Gasteiger charge is -2.29. The van der Waals surface area contributed by atoms with E-state index in [4.69, 9.17) is 11.6 Å². The van der Waals surface area contributed by atoms with Crippen LogP contribution < -0.4 is 15.1 Å². The Morgan fingerprint density at radius 1 is 0.946 bits per heavy atom. The van der Waals surface area contributed by atoms with Crippen molar-refractivity contribution in [2.75, 3.05) is 10.2 Å². The van der Waals surface area contributed by atoms with Gasteiger partial charge in [-0.05, 0) is 47.8 Å². The number of amides is 3. The van der Waals surface area contributed by atoms with E-state index >= 15 is 0 Å². The van der Waals surface area contributed by atoms with E-state index in [9.17, 15) is 19.2 Å². The maximum atomic E-state index is 13.7. The van der Waals surface area contributed by atoms with Crippen molar-refractivity contribution < 1.29 is 14.4 Å². The Morgan fingerprint density at radius 2 is 1.70 bits per heavy atom. The molecule has 0 bridgehead atoms. The lowest BCUT2D eigenvalue weighted by molar-refractivity contribution is -0.122.